The van der Waals surface area contributed by atoms with Crippen molar-refractivity contribution in [3.05, 3.63) is 29.6 Å². The number of carbonyl (C=O) groups excluding carboxylic acids is 1. The molecule has 2 heterocycles. The first-order chi connectivity index (χ1) is 9.67. The van der Waals surface area contributed by atoms with E-state index in [1.165, 1.54) is 31.5 Å². The number of Topliss-reactive ketones (excluding diaryl/α,β-unsaturated/α-hetero) is 1. The lowest BCUT2D eigenvalue weighted by molar-refractivity contribution is -0.117. The number of carbonyl (C=O) groups is 1. The lowest BCUT2D eigenvalue weighted by Gasteiger charge is -2.30. The Balaban J connectivity index is 1.87. The van der Waals surface area contributed by atoms with E-state index in [2.05, 4.69) is 28.9 Å². The Hall–Kier alpha value is -1.26. The molecular weight excluding hydrogens is 250 g/mol. The van der Waals surface area contributed by atoms with Gasteiger partial charge in [0.1, 0.15) is 5.78 Å². The summed E-state index contributed by atoms with van der Waals surface area (Å²) in [7, 11) is 0. The minimum Gasteiger partial charge on any atom is -0.324 e. The van der Waals surface area contributed by atoms with Crippen LogP contribution in [0.4, 0.5) is 0 Å². The third-order valence-electron chi connectivity index (χ3n) is 4.05. The Labute approximate surface area is 121 Å². The molecule has 0 unspecified atom stereocenters. The van der Waals surface area contributed by atoms with Gasteiger partial charge in [-0.25, -0.2) is 0 Å². The molecule has 0 amide bonds. The molecule has 1 fully saturated rings. The average Bonchev–Trinajstić information content (AvgIpc) is 2.47. The summed E-state index contributed by atoms with van der Waals surface area (Å²) in [6.07, 6.45) is 5.63. The van der Waals surface area contributed by atoms with Gasteiger partial charge in [0.15, 0.2) is 0 Å². The molecule has 1 aliphatic rings. The van der Waals surface area contributed by atoms with Crippen LogP contribution in [0.2, 0.25) is 0 Å². The Morgan fingerprint density at radius 1 is 1.45 bits per heavy atom. The number of ketones is 1. The SMILES string of the molecule is CC1CCN(Cc2ccnc(CCC(=O)CN)c2)CC1. The Morgan fingerprint density at radius 3 is 2.90 bits per heavy atom. The second kappa shape index (κ2) is 7.50. The molecule has 0 atom stereocenters. The quantitative estimate of drug-likeness (QED) is 0.859. The van der Waals surface area contributed by atoms with E-state index in [1.807, 2.05) is 6.20 Å². The molecule has 1 aliphatic heterocycles. The molecule has 1 aromatic heterocycles. The maximum Gasteiger partial charge on any atom is 0.146 e. The number of pyridine rings is 1. The minimum atomic E-state index is 0.0993. The first kappa shape index (κ1) is 15.1. The van der Waals surface area contributed by atoms with E-state index in [4.69, 9.17) is 5.73 Å². The fourth-order valence-electron chi connectivity index (χ4n) is 2.61. The van der Waals surface area contributed by atoms with Crippen molar-refractivity contribution in [2.24, 2.45) is 11.7 Å². The van der Waals surface area contributed by atoms with Gasteiger partial charge in [0.25, 0.3) is 0 Å². The van der Waals surface area contributed by atoms with Crippen LogP contribution in [0.1, 0.15) is 37.4 Å². The van der Waals surface area contributed by atoms with E-state index in [1.54, 1.807) is 0 Å². The van der Waals surface area contributed by atoms with Crippen LogP contribution in [0.25, 0.3) is 0 Å². The zero-order chi connectivity index (χ0) is 14.4. The third kappa shape index (κ3) is 4.69. The van der Waals surface area contributed by atoms with Gasteiger partial charge in [0.2, 0.25) is 0 Å². The lowest BCUT2D eigenvalue weighted by Crippen LogP contribution is -2.32. The van der Waals surface area contributed by atoms with Gasteiger partial charge in [0, 0.05) is 24.9 Å². The molecule has 0 bridgehead atoms. The first-order valence-corrected chi connectivity index (χ1v) is 7.55. The highest BCUT2D eigenvalue weighted by molar-refractivity contribution is 5.80. The van der Waals surface area contributed by atoms with Gasteiger partial charge < -0.3 is 5.73 Å². The molecule has 0 spiro atoms. The van der Waals surface area contributed by atoms with E-state index < -0.39 is 0 Å². The van der Waals surface area contributed by atoms with Crippen molar-refractivity contribution < 1.29 is 4.79 Å². The predicted octanol–water partition coefficient (Wildman–Crippen LogP) is 1.77. The van der Waals surface area contributed by atoms with Gasteiger partial charge in [-0.3, -0.25) is 14.7 Å². The maximum atomic E-state index is 11.3. The molecule has 0 aromatic carbocycles. The highest BCUT2D eigenvalue weighted by Crippen LogP contribution is 2.18. The van der Waals surface area contributed by atoms with E-state index >= 15 is 0 Å². The smallest absolute Gasteiger partial charge is 0.146 e. The summed E-state index contributed by atoms with van der Waals surface area (Å²) < 4.78 is 0. The summed E-state index contributed by atoms with van der Waals surface area (Å²) in [5.74, 6) is 0.962. The summed E-state index contributed by atoms with van der Waals surface area (Å²) >= 11 is 0. The highest BCUT2D eigenvalue weighted by Gasteiger charge is 2.15. The summed E-state index contributed by atoms with van der Waals surface area (Å²) in [5, 5.41) is 0. The Bertz CT molecular complexity index is 439. The molecule has 0 saturated carbocycles. The van der Waals surface area contributed by atoms with Crippen molar-refractivity contribution in [1.82, 2.24) is 9.88 Å². The Morgan fingerprint density at radius 2 is 2.20 bits per heavy atom. The van der Waals surface area contributed by atoms with Crippen molar-refractivity contribution in [2.75, 3.05) is 19.6 Å². The largest absolute Gasteiger partial charge is 0.324 e. The van der Waals surface area contributed by atoms with Crippen LogP contribution < -0.4 is 5.73 Å². The molecule has 110 valence electrons. The van der Waals surface area contributed by atoms with Crippen molar-refractivity contribution in [3.8, 4) is 0 Å². The molecular formula is C16H25N3O. The van der Waals surface area contributed by atoms with Gasteiger partial charge in [-0.05, 0) is 56.0 Å². The molecule has 4 nitrogen and oxygen atoms in total. The van der Waals surface area contributed by atoms with Crippen LogP contribution in [0, 0.1) is 5.92 Å². The van der Waals surface area contributed by atoms with Crippen molar-refractivity contribution >= 4 is 5.78 Å². The number of likely N-dealkylation sites (tertiary alicyclic amines) is 1. The number of rotatable bonds is 6. The van der Waals surface area contributed by atoms with Gasteiger partial charge >= 0.3 is 0 Å². The van der Waals surface area contributed by atoms with Crippen LogP contribution in [0.5, 0.6) is 0 Å². The first-order valence-electron chi connectivity index (χ1n) is 7.55. The van der Waals surface area contributed by atoms with Crippen molar-refractivity contribution in [2.45, 2.75) is 39.2 Å². The molecule has 4 heteroatoms. The van der Waals surface area contributed by atoms with E-state index in [0.29, 0.717) is 12.8 Å². The fraction of sp³-hybridized carbons (Fsp3) is 0.625. The highest BCUT2D eigenvalue weighted by atomic mass is 16.1. The van der Waals surface area contributed by atoms with Crippen LogP contribution in [-0.4, -0.2) is 35.3 Å². The topological polar surface area (TPSA) is 59.2 Å². The van der Waals surface area contributed by atoms with Crippen LogP contribution in [0.3, 0.4) is 0 Å². The summed E-state index contributed by atoms with van der Waals surface area (Å²) in [6.45, 7) is 5.82. The number of piperidine rings is 1. The van der Waals surface area contributed by atoms with E-state index in [9.17, 15) is 4.79 Å². The van der Waals surface area contributed by atoms with Gasteiger partial charge in [-0.2, -0.15) is 0 Å². The zero-order valence-corrected chi connectivity index (χ0v) is 12.3. The standard InChI is InChI=1S/C16H25N3O/c1-13-5-8-19(9-6-13)12-14-4-7-18-15(10-14)2-3-16(20)11-17/h4,7,10,13H,2-3,5-6,8-9,11-12,17H2,1H3. The molecule has 1 saturated heterocycles. The summed E-state index contributed by atoms with van der Waals surface area (Å²) in [5.41, 5.74) is 7.62. The number of aryl methyl sites for hydroxylation is 1. The summed E-state index contributed by atoms with van der Waals surface area (Å²) in [4.78, 5) is 18.1. The Kier molecular flexibility index (Phi) is 5.68. The molecule has 2 N–H and O–H groups in total. The number of aromatic nitrogens is 1. The molecule has 1 aromatic rings. The van der Waals surface area contributed by atoms with Gasteiger partial charge in [0.05, 0.1) is 6.54 Å². The molecule has 2 rings (SSSR count). The fourth-order valence-corrected chi connectivity index (χ4v) is 2.61. The molecule has 0 aliphatic carbocycles. The molecule has 20 heavy (non-hydrogen) atoms. The van der Waals surface area contributed by atoms with Crippen LogP contribution in [0.15, 0.2) is 18.3 Å². The van der Waals surface area contributed by atoms with Crippen molar-refractivity contribution in [3.63, 3.8) is 0 Å². The predicted molar refractivity (Wildman–Crippen MR) is 80.3 cm³/mol. The van der Waals surface area contributed by atoms with Gasteiger partial charge in [-0.1, -0.05) is 6.92 Å². The van der Waals surface area contributed by atoms with Crippen LogP contribution in [-0.2, 0) is 17.8 Å². The number of nitrogens with two attached hydrogens (primary N) is 1. The monoisotopic (exact) mass is 275 g/mol. The third-order valence-corrected chi connectivity index (χ3v) is 4.05. The normalized spacial score (nSPS) is 17.3. The number of hydrogen-bond acceptors (Lipinski definition) is 4. The van der Waals surface area contributed by atoms with Crippen LogP contribution >= 0.6 is 0 Å². The summed E-state index contributed by atoms with van der Waals surface area (Å²) in [6, 6.07) is 4.20. The van der Waals surface area contributed by atoms with Crippen molar-refractivity contribution in [1.29, 1.82) is 0 Å². The average molecular weight is 275 g/mol. The van der Waals surface area contributed by atoms with E-state index in [-0.39, 0.29) is 12.3 Å². The number of hydrogen-bond donors (Lipinski definition) is 1. The minimum absolute atomic E-state index is 0.0993. The van der Waals surface area contributed by atoms with E-state index in [0.717, 1.165) is 18.2 Å². The maximum absolute atomic E-state index is 11.3. The molecule has 0 radical (unpaired) electrons. The van der Waals surface area contributed by atoms with Gasteiger partial charge in [-0.15, -0.1) is 0 Å². The second-order valence-electron chi connectivity index (χ2n) is 5.86. The second-order valence-corrected chi connectivity index (χ2v) is 5.86. The zero-order valence-electron chi connectivity index (χ0n) is 12.3. The number of nitrogens with zero attached hydrogens (tertiary/aromatic N) is 2. The lowest BCUT2D eigenvalue weighted by atomic mass is 9.99.